The highest BCUT2D eigenvalue weighted by Crippen LogP contribution is 2.22. The zero-order chi connectivity index (χ0) is 13.2. The second-order valence-electron chi connectivity index (χ2n) is 5.05. The minimum absolute atomic E-state index is 0.0704. The lowest BCUT2D eigenvalue weighted by Crippen LogP contribution is -2.35. The lowest BCUT2D eigenvalue weighted by Gasteiger charge is -2.26. The molecule has 96 valence electrons. The number of ether oxygens (including phenoxy) is 1. The Morgan fingerprint density at radius 3 is 2.12 bits per heavy atom. The van der Waals surface area contributed by atoms with Gasteiger partial charge in [-0.2, -0.15) is 0 Å². The Bertz CT molecular complexity index is 328. The summed E-state index contributed by atoms with van der Waals surface area (Å²) in [6.07, 6.45) is -1.28. The van der Waals surface area contributed by atoms with Gasteiger partial charge in [0.1, 0.15) is 6.10 Å². The van der Waals surface area contributed by atoms with Crippen LogP contribution >= 0.6 is 0 Å². The standard InChI is InChI=1S/C11H17NO5/c1-7(11(2,3)4)16-10(15)17-12-8(13)5-6-9(12)14/h7H,5-6H2,1-4H3. The molecule has 1 aliphatic rings. The molecule has 6 nitrogen and oxygen atoms in total. The van der Waals surface area contributed by atoms with Crippen molar-refractivity contribution in [1.29, 1.82) is 0 Å². The summed E-state index contributed by atoms with van der Waals surface area (Å²) < 4.78 is 4.97. The molecule has 1 unspecified atom stereocenters. The predicted octanol–water partition coefficient (Wildman–Crippen LogP) is 1.64. The number of rotatable bonds is 2. The van der Waals surface area contributed by atoms with Crippen molar-refractivity contribution in [2.45, 2.75) is 46.6 Å². The first-order chi connectivity index (χ1) is 7.71. The highest BCUT2D eigenvalue weighted by atomic mass is 16.8. The number of hydrogen-bond donors (Lipinski definition) is 0. The van der Waals surface area contributed by atoms with Crippen LogP contribution in [0.15, 0.2) is 0 Å². The molecule has 1 rings (SSSR count). The summed E-state index contributed by atoms with van der Waals surface area (Å²) >= 11 is 0. The molecule has 6 heteroatoms. The maximum Gasteiger partial charge on any atom is 0.534 e. The summed E-state index contributed by atoms with van der Waals surface area (Å²) in [4.78, 5) is 38.3. The van der Waals surface area contributed by atoms with Gasteiger partial charge in [0, 0.05) is 12.8 Å². The summed E-state index contributed by atoms with van der Waals surface area (Å²) in [7, 11) is 0. The van der Waals surface area contributed by atoms with Gasteiger partial charge in [-0.1, -0.05) is 25.8 Å². The van der Waals surface area contributed by atoms with Crippen LogP contribution in [0.1, 0.15) is 40.5 Å². The quantitative estimate of drug-likeness (QED) is 0.544. The molecule has 0 aliphatic carbocycles. The number of amides is 2. The van der Waals surface area contributed by atoms with Crippen molar-refractivity contribution in [3.05, 3.63) is 0 Å². The molecule has 0 aromatic rings. The van der Waals surface area contributed by atoms with Crippen molar-refractivity contribution in [2.75, 3.05) is 0 Å². The molecule has 1 heterocycles. The molecule has 0 aromatic carbocycles. The third kappa shape index (κ3) is 3.44. The van der Waals surface area contributed by atoms with Crippen LogP contribution in [-0.4, -0.2) is 29.1 Å². The number of nitrogens with zero attached hydrogens (tertiary/aromatic N) is 1. The van der Waals surface area contributed by atoms with E-state index in [1.807, 2.05) is 20.8 Å². The van der Waals surface area contributed by atoms with Crippen LogP contribution in [0.5, 0.6) is 0 Å². The van der Waals surface area contributed by atoms with Gasteiger partial charge < -0.3 is 4.74 Å². The van der Waals surface area contributed by atoms with Gasteiger partial charge in [-0.05, 0) is 12.3 Å². The molecule has 2 amide bonds. The van der Waals surface area contributed by atoms with Crippen LogP contribution in [0.4, 0.5) is 4.79 Å². The normalized spacial score (nSPS) is 18.2. The zero-order valence-corrected chi connectivity index (χ0v) is 10.5. The van der Waals surface area contributed by atoms with Gasteiger partial charge in [-0.25, -0.2) is 4.79 Å². The van der Waals surface area contributed by atoms with E-state index in [2.05, 4.69) is 4.84 Å². The Hall–Kier alpha value is -1.59. The van der Waals surface area contributed by atoms with Gasteiger partial charge in [0.05, 0.1) is 0 Å². The Kier molecular flexibility index (Phi) is 3.75. The van der Waals surface area contributed by atoms with Gasteiger partial charge in [0.15, 0.2) is 0 Å². The number of imide groups is 1. The Morgan fingerprint density at radius 1 is 1.24 bits per heavy atom. The molecule has 1 aliphatic heterocycles. The largest absolute Gasteiger partial charge is 0.534 e. The van der Waals surface area contributed by atoms with E-state index in [1.165, 1.54) is 0 Å². The predicted molar refractivity (Wildman–Crippen MR) is 57.6 cm³/mol. The second-order valence-corrected chi connectivity index (χ2v) is 5.05. The Morgan fingerprint density at radius 2 is 1.71 bits per heavy atom. The van der Waals surface area contributed by atoms with Crippen LogP contribution in [-0.2, 0) is 19.2 Å². The van der Waals surface area contributed by atoms with E-state index < -0.39 is 18.0 Å². The maximum atomic E-state index is 11.4. The maximum absolute atomic E-state index is 11.4. The average molecular weight is 243 g/mol. The summed E-state index contributed by atoms with van der Waals surface area (Å²) in [5.74, 6) is -1.04. The van der Waals surface area contributed by atoms with E-state index in [9.17, 15) is 14.4 Å². The molecular weight excluding hydrogens is 226 g/mol. The summed E-state index contributed by atoms with van der Waals surface area (Å²) in [6.45, 7) is 7.42. The highest BCUT2D eigenvalue weighted by Gasteiger charge is 2.34. The Balaban J connectivity index is 2.50. The van der Waals surface area contributed by atoms with Crippen LogP contribution in [0.3, 0.4) is 0 Å². The van der Waals surface area contributed by atoms with Crippen LogP contribution in [0.2, 0.25) is 0 Å². The monoisotopic (exact) mass is 243 g/mol. The fraction of sp³-hybridized carbons (Fsp3) is 0.727. The lowest BCUT2D eigenvalue weighted by molar-refractivity contribution is -0.179. The van der Waals surface area contributed by atoms with Crippen molar-refractivity contribution in [2.24, 2.45) is 5.41 Å². The first-order valence-corrected chi connectivity index (χ1v) is 5.46. The smallest absolute Gasteiger partial charge is 0.429 e. The highest BCUT2D eigenvalue weighted by molar-refractivity contribution is 6.01. The van der Waals surface area contributed by atoms with Gasteiger partial charge in [0.25, 0.3) is 11.8 Å². The molecule has 1 saturated heterocycles. The summed E-state index contributed by atoms with van der Waals surface area (Å²) in [5.41, 5.74) is -0.238. The minimum atomic E-state index is -1.03. The lowest BCUT2D eigenvalue weighted by atomic mass is 9.90. The second kappa shape index (κ2) is 4.73. The molecule has 0 aromatic heterocycles. The molecule has 0 radical (unpaired) electrons. The van der Waals surface area contributed by atoms with Crippen LogP contribution in [0.25, 0.3) is 0 Å². The van der Waals surface area contributed by atoms with Gasteiger partial charge in [-0.15, -0.1) is 0 Å². The molecule has 17 heavy (non-hydrogen) atoms. The van der Waals surface area contributed by atoms with Gasteiger partial charge in [-0.3, -0.25) is 14.4 Å². The van der Waals surface area contributed by atoms with E-state index in [1.54, 1.807) is 6.92 Å². The van der Waals surface area contributed by atoms with E-state index >= 15 is 0 Å². The molecule has 1 atom stereocenters. The first-order valence-electron chi connectivity index (χ1n) is 5.46. The van der Waals surface area contributed by atoms with Crippen molar-refractivity contribution < 1.29 is 24.0 Å². The molecular formula is C11H17NO5. The van der Waals surface area contributed by atoms with Crippen molar-refractivity contribution >= 4 is 18.0 Å². The van der Waals surface area contributed by atoms with E-state index in [0.29, 0.717) is 5.06 Å². The zero-order valence-electron chi connectivity index (χ0n) is 10.5. The molecule has 0 N–H and O–H groups in total. The van der Waals surface area contributed by atoms with Gasteiger partial charge in [0.2, 0.25) is 0 Å². The third-order valence-electron chi connectivity index (χ3n) is 2.66. The first kappa shape index (κ1) is 13.5. The SMILES string of the molecule is CC(OC(=O)ON1C(=O)CCC1=O)C(C)(C)C. The van der Waals surface area contributed by atoms with E-state index in [-0.39, 0.29) is 24.4 Å². The minimum Gasteiger partial charge on any atom is -0.429 e. The van der Waals surface area contributed by atoms with Gasteiger partial charge >= 0.3 is 6.16 Å². The number of carbonyl (C=O) groups excluding carboxylic acids is 3. The van der Waals surface area contributed by atoms with Crippen molar-refractivity contribution in [1.82, 2.24) is 5.06 Å². The fourth-order valence-corrected chi connectivity index (χ4v) is 1.08. The molecule has 0 saturated carbocycles. The molecule has 0 bridgehead atoms. The fourth-order valence-electron chi connectivity index (χ4n) is 1.08. The summed E-state index contributed by atoms with van der Waals surface area (Å²) in [6, 6.07) is 0. The molecule has 0 spiro atoms. The van der Waals surface area contributed by atoms with Crippen LogP contribution < -0.4 is 0 Å². The summed E-state index contributed by atoms with van der Waals surface area (Å²) in [5, 5.41) is 0.470. The van der Waals surface area contributed by atoms with E-state index in [4.69, 9.17) is 4.74 Å². The topological polar surface area (TPSA) is 72.9 Å². The average Bonchev–Trinajstić information content (AvgIpc) is 2.48. The van der Waals surface area contributed by atoms with Crippen LogP contribution in [0, 0.1) is 5.41 Å². The number of carbonyl (C=O) groups is 3. The number of hydroxylamine groups is 2. The van der Waals surface area contributed by atoms with Crippen molar-refractivity contribution in [3.8, 4) is 0 Å². The molecule has 1 fully saturated rings. The Labute approximate surface area is 99.8 Å². The number of hydrogen-bond acceptors (Lipinski definition) is 5. The van der Waals surface area contributed by atoms with E-state index in [0.717, 1.165) is 0 Å². The van der Waals surface area contributed by atoms with Crippen molar-refractivity contribution in [3.63, 3.8) is 0 Å². The third-order valence-corrected chi connectivity index (χ3v) is 2.66.